The minimum Gasteiger partial charge on any atom is -0.495 e. The van der Waals surface area contributed by atoms with Gasteiger partial charge in [-0.05, 0) is 74.2 Å². The summed E-state index contributed by atoms with van der Waals surface area (Å²) in [6, 6.07) is 18.2. The van der Waals surface area contributed by atoms with Crippen LogP contribution in [-0.2, 0) is 21.2 Å². The van der Waals surface area contributed by atoms with Crippen molar-refractivity contribution < 1.29 is 22.7 Å². The second kappa shape index (κ2) is 11.2. The van der Waals surface area contributed by atoms with E-state index < -0.39 is 22.0 Å². The van der Waals surface area contributed by atoms with Gasteiger partial charge in [0.15, 0.2) is 0 Å². The fourth-order valence-electron chi connectivity index (χ4n) is 3.54. The van der Waals surface area contributed by atoms with Crippen LogP contribution in [0.4, 0.5) is 5.69 Å². The highest BCUT2D eigenvalue weighted by Crippen LogP contribution is 2.26. The van der Waals surface area contributed by atoms with Gasteiger partial charge in [0.05, 0.1) is 24.3 Å². The topological polar surface area (TPSA) is 93.7 Å². The highest BCUT2D eigenvalue weighted by atomic mass is 32.2. The zero-order chi connectivity index (χ0) is 24.7. The molecule has 0 saturated carbocycles. The Kier molecular flexibility index (Phi) is 8.31. The number of ether oxygens (including phenoxy) is 2. The van der Waals surface area contributed by atoms with Crippen molar-refractivity contribution in [1.82, 2.24) is 4.72 Å². The lowest BCUT2D eigenvalue weighted by Crippen LogP contribution is -2.45. The first kappa shape index (κ1) is 25.3. The van der Waals surface area contributed by atoms with Gasteiger partial charge in [0, 0.05) is 0 Å². The maximum Gasteiger partial charge on any atom is 0.243 e. The molecule has 0 fully saturated rings. The van der Waals surface area contributed by atoms with Crippen molar-refractivity contribution >= 4 is 21.6 Å². The number of carbonyl (C=O) groups is 1. The summed E-state index contributed by atoms with van der Waals surface area (Å²) in [4.78, 5) is 13.4. The van der Waals surface area contributed by atoms with Crippen LogP contribution in [0.2, 0.25) is 0 Å². The number of amides is 1. The monoisotopic (exact) mass is 482 g/mol. The van der Waals surface area contributed by atoms with E-state index >= 15 is 0 Å². The molecule has 0 heterocycles. The third kappa shape index (κ3) is 6.36. The van der Waals surface area contributed by atoms with Gasteiger partial charge in [-0.15, -0.1) is 0 Å². The molecule has 0 bridgehead atoms. The number of anilines is 1. The molecule has 0 radical (unpaired) electrons. The minimum absolute atomic E-state index is 0.0625. The molecule has 0 spiro atoms. The number of benzene rings is 3. The van der Waals surface area contributed by atoms with Gasteiger partial charge in [0.1, 0.15) is 17.5 Å². The Bertz CT molecular complexity index is 1240. The molecule has 3 rings (SSSR count). The smallest absolute Gasteiger partial charge is 0.243 e. The number of carbonyl (C=O) groups excluding carboxylic acids is 1. The van der Waals surface area contributed by atoms with Crippen LogP contribution in [0.15, 0.2) is 71.6 Å². The van der Waals surface area contributed by atoms with Crippen molar-refractivity contribution in [2.45, 2.75) is 38.1 Å². The van der Waals surface area contributed by atoms with Crippen molar-refractivity contribution in [3.05, 3.63) is 83.4 Å². The van der Waals surface area contributed by atoms with E-state index in [1.807, 2.05) is 50.2 Å². The molecular weight excluding hydrogens is 452 g/mol. The molecule has 1 unspecified atom stereocenters. The van der Waals surface area contributed by atoms with Crippen molar-refractivity contribution in [3.63, 3.8) is 0 Å². The van der Waals surface area contributed by atoms with Crippen molar-refractivity contribution in [1.29, 1.82) is 0 Å². The van der Waals surface area contributed by atoms with Crippen LogP contribution in [0.3, 0.4) is 0 Å². The van der Waals surface area contributed by atoms with E-state index in [1.165, 1.54) is 19.2 Å². The number of methoxy groups -OCH3 is 1. The molecule has 0 aliphatic heterocycles. The largest absolute Gasteiger partial charge is 0.495 e. The fraction of sp³-hybridized carbons (Fsp3) is 0.269. The Labute approximate surface area is 201 Å². The van der Waals surface area contributed by atoms with E-state index in [-0.39, 0.29) is 11.3 Å². The van der Waals surface area contributed by atoms with Crippen LogP contribution < -0.4 is 19.5 Å². The van der Waals surface area contributed by atoms with Gasteiger partial charge in [0.25, 0.3) is 0 Å². The summed E-state index contributed by atoms with van der Waals surface area (Å²) in [6.07, 6.45) is 0.177. The molecule has 1 amide bonds. The molecule has 180 valence electrons. The molecule has 0 aliphatic carbocycles. The van der Waals surface area contributed by atoms with Crippen LogP contribution in [0.5, 0.6) is 11.5 Å². The third-order valence-electron chi connectivity index (χ3n) is 5.27. The Morgan fingerprint density at radius 1 is 0.971 bits per heavy atom. The van der Waals surface area contributed by atoms with Crippen LogP contribution >= 0.6 is 0 Å². The zero-order valence-electron chi connectivity index (χ0n) is 19.8. The maximum absolute atomic E-state index is 13.3. The van der Waals surface area contributed by atoms with Gasteiger partial charge in [-0.2, -0.15) is 4.72 Å². The summed E-state index contributed by atoms with van der Waals surface area (Å²) >= 11 is 0. The lowest BCUT2D eigenvalue weighted by Gasteiger charge is -2.20. The standard InChI is InChI=1S/C26H30N2O5S/c1-5-33-24-14-12-21(16-19(24)3)34(30,31)28-23(17-20-9-7-6-8-10-20)26(29)27-22-15-18(2)11-13-25(22)32-4/h6-16,23,28H,5,17H2,1-4H3,(H,27,29). The normalized spacial score (nSPS) is 12.1. The maximum atomic E-state index is 13.3. The predicted octanol–water partition coefficient (Wildman–Crippen LogP) is 4.24. The Hall–Kier alpha value is -3.36. The molecule has 3 aromatic rings. The Morgan fingerprint density at radius 3 is 2.32 bits per heavy atom. The number of hydrogen-bond donors (Lipinski definition) is 2. The van der Waals surface area contributed by atoms with E-state index in [4.69, 9.17) is 9.47 Å². The zero-order valence-corrected chi connectivity index (χ0v) is 20.6. The fourth-order valence-corrected chi connectivity index (χ4v) is 4.82. The number of nitrogens with one attached hydrogen (secondary N) is 2. The lowest BCUT2D eigenvalue weighted by atomic mass is 10.1. The van der Waals surface area contributed by atoms with E-state index in [0.29, 0.717) is 29.4 Å². The van der Waals surface area contributed by atoms with Crippen molar-refractivity contribution in [2.24, 2.45) is 0 Å². The molecule has 0 aliphatic rings. The van der Waals surface area contributed by atoms with Crippen molar-refractivity contribution in [3.8, 4) is 11.5 Å². The first-order valence-corrected chi connectivity index (χ1v) is 12.5. The molecule has 7 nitrogen and oxygen atoms in total. The summed E-state index contributed by atoms with van der Waals surface area (Å²) in [5.74, 6) is 0.618. The van der Waals surface area contributed by atoms with E-state index in [1.54, 1.807) is 25.1 Å². The number of rotatable bonds is 10. The summed E-state index contributed by atoms with van der Waals surface area (Å²) in [5, 5.41) is 2.82. The average molecular weight is 483 g/mol. The van der Waals surface area contributed by atoms with Gasteiger partial charge in [-0.3, -0.25) is 4.79 Å². The highest BCUT2D eigenvalue weighted by molar-refractivity contribution is 7.89. The second-order valence-corrected chi connectivity index (χ2v) is 9.63. The first-order valence-electron chi connectivity index (χ1n) is 11.0. The molecule has 0 aromatic heterocycles. The van der Waals surface area contributed by atoms with Gasteiger partial charge in [-0.1, -0.05) is 36.4 Å². The van der Waals surface area contributed by atoms with Gasteiger partial charge < -0.3 is 14.8 Å². The van der Waals surface area contributed by atoms with Gasteiger partial charge >= 0.3 is 0 Å². The minimum atomic E-state index is -3.99. The Morgan fingerprint density at radius 2 is 1.68 bits per heavy atom. The molecular formula is C26H30N2O5S. The summed E-state index contributed by atoms with van der Waals surface area (Å²) in [6.45, 7) is 6.02. The van der Waals surface area contributed by atoms with Crippen LogP contribution in [0.1, 0.15) is 23.6 Å². The van der Waals surface area contributed by atoms with E-state index in [9.17, 15) is 13.2 Å². The molecule has 0 saturated heterocycles. The molecule has 34 heavy (non-hydrogen) atoms. The average Bonchev–Trinajstić information content (AvgIpc) is 2.80. The molecule has 2 N–H and O–H groups in total. The number of aryl methyl sites for hydroxylation is 2. The molecule has 3 aromatic carbocycles. The third-order valence-corrected chi connectivity index (χ3v) is 6.74. The SMILES string of the molecule is CCOc1ccc(S(=O)(=O)NC(Cc2ccccc2)C(=O)Nc2cc(C)ccc2OC)cc1C. The van der Waals surface area contributed by atoms with E-state index in [0.717, 1.165) is 11.1 Å². The molecule has 8 heteroatoms. The summed E-state index contributed by atoms with van der Waals surface area (Å²) < 4.78 is 39.9. The van der Waals surface area contributed by atoms with Crippen molar-refractivity contribution in [2.75, 3.05) is 19.0 Å². The first-order chi connectivity index (χ1) is 16.2. The van der Waals surface area contributed by atoms with Crippen LogP contribution in [0.25, 0.3) is 0 Å². The Balaban J connectivity index is 1.90. The highest BCUT2D eigenvalue weighted by Gasteiger charge is 2.27. The second-order valence-electron chi connectivity index (χ2n) is 7.92. The van der Waals surface area contributed by atoms with Gasteiger partial charge in [0.2, 0.25) is 15.9 Å². The van der Waals surface area contributed by atoms with Gasteiger partial charge in [-0.25, -0.2) is 8.42 Å². The quantitative estimate of drug-likeness (QED) is 0.451. The van der Waals surface area contributed by atoms with Crippen LogP contribution in [0, 0.1) is 13.8 Å². The number of sulfonamides is 1. The summed E-state index contributed by atoms with van der Waals surface area (Å²) in [7, 11) is -2.48. The van der Waals surface area contributed by atoms with Crippen LogP contribution in [-0.4, -0.2) is 34.1 Å². The number of hydrogen-bond acceptors (Lipinski definition) is 5. The lowest BCUT2D eigenvalue weighted by molar-refractivity contribution is -0.117. The van der Waals surface area contributed by atoms with E-state index in [2.05, 4.69) is 10.0 Å². The molecule has 1 atom stereocenters. The predicted molar refractivity (Wildman–Crippen MR) is 133 cm³/mol. The summed E-state index contributed by atoms with van der Waals surface area (Å²) in [5.41, 5.74) is 2.92.